The third-order valence-electron chi connectivity index (χ3n) is 3.50. The number of hydrogen-bond acceptors (Lipinski definition) is 4. The summed E-state index contributed by atoms with van der Waals surface area (Å²) in [6.45, 7) is 5.61. The number of nitrogens with two attached hydrogens (primary N) is 1. The molecule has 1 fully saturated rings. The van der Waals surface area contributed by atoms with Crippen LogP contribution in [0.1, 0.15) is 19.8 Å². The molecule has 1 aromatic rings. The van der Waals surface area contributed by atoms with Gasteiger partial charge in [-0.1, -0.05) is 19.4 Å². The van der Waals surface area contributed by atoms with Crippen LogP contribution >= 0.6 is 0 Å². The van der Waals surface area contributed by atoms with Crippen molar-refractivity contribution in [3.63, 3.8) is 0 Å². The number of ether oxygens (including phenoxy) is 1. The van der Waals surface area contributed by atoms with Gasteiger partial charge in [-0.25, -0.2) is 4.79 Å². The first-order chi connectivity index (χ1) is 9.70. The predicted octanol–water partition coefficient (Wildman–Crippen LogP) is 2.33. The highest BCUT2D eigenvalue weighted by molar-refractivity contribution is 5.68. The van der Waals surface area contributed by atoms with E-state index < -0.39 is 0 Å². The van der Waals surface area contributed by atoms with Gasteiger partial charge in [0.2, 0.25) is 0 Å². The summed E-state index contributed by atoms with van der Waals surface area (Å²) in [4.78, 5) is 15.9. The van der Waals surface area contributed by atoms with Crippen molar-refractivity contribution in [1.82, 2.24) is 4.90 Å². The lowest BCUT2D eigenvalue weighted by Gasteiger charge is -2.35. The maximum Gasteiger partial charge on any atom is 0.409 e. The van der Waals surface area contributed by atoms with Crippen LogP contribution in [0.5, 0.6) is 0 Å². The number of carbonyl (C=O) groups is 1. The van der Waals surface area contributed by atoms with Crippen LogP contribution in [0.3, 0.4) is 0 Å². The number of nitrogens with zero attached hydrogens (tertiary/aromatic N) is 2. The van der Waals surface area contributed by atoms with Gasteiger partial charge in [0, 0.05) is 37.6 Å². The SMILES string of the molecule is CCCCOC(=O)N1CCN(c2cccc(N)c2)CC1. The second-order valence-electron chi connectivity index (χ2n) is 5.04. The normalized spacial score (nSPS) is 15.2. The molecule has 1 aromatic carbocycles. The predicted molar refractivity (Wildman–Crippen MR) is 80.9 cm³/mol. The van der Waals surface area contributed by atoms with Crippen LogP contribution < -0.4 is 10.6 Å². The Morgan fingerprint density at radius 3 is 2.70 bits per heavy atom. The summed E-state index contributed by atoms with van der Waals surface area (Å²) >= 11 is 0. The minimum Gasteiger partial charge on any atom is -0.449 e. The number of amides is 1. The van der Waals surface area contributed by atoms with E-state index in [0.29, 0.717) is 19.7 Å². The van der Waals surface area contributed by atoms with E-state index in [1.807, 2.05) is 24.3 Å². The maximum atomic E-state index is 11.8. The van der Waals surface area contributed by atoms with Crippen molar-refractivity contribution >= 4 is 17.5 Å². The van der Waals surface area contributed by atoms with Crippen LogP contribution in [0.2, 0.25) is 0 Å². The molecule has 5 heteroatoms. The summed E-state index contributed by atoms with van der Waals surface area (Å²) in [7, 11) is 0. The molecule has 1 saturated heterocycles. The molecule has 0 radical (unpaired) electrons. The van der Waals surface area contributed by atoms with Gasteiger partial charge in [-0.05, 0) is 24.6 Å². The fourth-order valence-electron chi connectivity index (χ4n) is 2.26. The fraction of sp³-hybridized carbons (Fsp3) is 0.533. The van der Waals surface area contributed by atoms with Gasteiger partial charge in [0.15, 0.2) is 0 Å². The summed E-state index contributed by atoms with van der Waals surface area (Å²) in [6, 6.07) is 7.85. The number of nitrogen functional groups attached to an aromatic ring is 1. The molecule has 1 aliphatic heterocycles. The van der Waals surface area contributed by atoms with E-state index in [1.54, 1.807) is 4.90 Å². The minimum atomic E-state index is -0.189. The van der Waals surface area contributed by atoms with E-state index in [9.17, 15) is 4.79 Å². The zero-order chi connectivity index (χ0) is 14.4. The maximum absolute atomic E-state index is 11.8. The van der Waals surface area contributed by atoms with Crippen molar-refractivity contribution in [2.75, 3.05) is 43.4 Å². The summed E-state index contributed by atoms with van der Waals surface area (Å²) in [6.07, 6.45) is 1.77. The highest BCUT2D eigenvalue weighted by atomic mass is 16.6. The number of anilines is 2. The Bertz CT molecular complexity index is 442. The molecule has 5 nitrogen and oxygen atoms in total. The van der Waals surface area contributed by atoms with Crippen molar-refractivity contribution in [2.24, 2.45) is 0 Å². The Labute approximate surface area is 120 Å². The Hall–Kier alpha value is -1.91. The van der Waals surface area contributed by atoms with Gasteiger partial charge in [-0.15, -0.1) is 0 Å². The van der Waals surface area contributed by atoms with Gasteiger partial charge in [0.1, 0.15) is 0 Å². The third-order valence-corrected chi connectivity index (χ3v) is 3.50. The van der Waals surface area contributed by atoms with E-state index in [0.717, 1.165) is 37.3 Å². The number of unbranched alkanes of at least 4 members (excludes halogenated alkanes) is 1. The molecule has 0 spiro atoms. The van der Waals surface area contributed by atoms with Crippen LogP contribution in [0.25, 0.3) is 0 Å². The Morgan fingerprint density at radius 2 is 2.05 bits per heavy atom. The monoisotopic (exact) mass is 277 g/mol. The van der Waals surface area contributed by atoms with Gasteiger partial charge in [0.25, 0.3) is 0 Å². The first-order valence-corrected chi connectivity index (χ1v) is 7.23. The zero-order valence-electron chi connectivity index (χ0n) is 12.0. The molecule has 2 rings (SSSR count). The fourth-order valence-corrected chi connectivity index (χ4v) is 2.26. The molecule has 1 heterocycles. The van der Waals surface area contributed by atoms with Crippen molar-refractivity contribution in [3.05, 3.63) is 24.3 Å². The Morgan fingerprint density at radius 1 is 1.30 bits per heavy atom. The molecule has 0 atom stereocenters. The van der Waals surface area contributed by atoms with Gasteiger partial charge in [-0.2, -0.15) is 0 Å². The summed E-state index contributed by atoms with van der Waals surface area (Å²) in [5, 5.41) is 0. The highest BCUT2D eigenvalue weighted by Gasteiger charge is 2.22. The molecule has 2 N–H and O–H groups in total. The highest BCUT2D eigenvalue weighted by Crippen LogP contribution is 2.19. The van der Waals surface area contributed by atoms with Crippen LogP contribution in [0.4, 0.5) is 16.2 Å². The Balaban J connectivity index is 1.81. The van der Waals surface area contributed by atoms with Crippen molar-refractivity contribution in [1.29, 1.82) is 0 Å². The zero-order valence-corrected chi connectivity index (χ0v) is 12.0. The average Bonchev–Trinajstić information content (AvgIpc) is 2.47. The first-order valence-electron chi connectivity index (χ1n) is 7.23. The number of hydrogen-bond donors (Lipinski definition) is 1. The second kappa shape index (κ2) is 7.03. The molecule has 0 saturated carbocycles. The van der Waals surface area contributed by atoms with Crippen LogP contribution in [0.15, 0.2) is 24.3 Å². The standard InChI is InChI=1S/C15H23N3O2/c1-2-3-11-20-15(19)18-9-7-17(8-10-18)14-6-4-5-13(16)12-14/h4-6,12H,2-3,7-11,16H2,1H3. The molecular formula is C15H23N3O2. The molecule has 0 bridgehead atoms. The Kier molecular flexibility index (Phi) is 5.09. The van der Waals surface area contributed by atoms with E-state index in [4.69, 9.17) is 10.5 Å². The number of piperazine rings is 1. The molecular weight excluding hydrogens is 254 g/mol. The average molecular weight is 277 g/mol. The molecule has 0 aliphatic carbocycles. The lowest BCUT2D eigenvalue weighted by atomic mass is 10.2. The summed E-state index contributed by atoms with van der Waals surface area (Å²) in [5.74, 6) is 0. The number of rotatable bonds is 4. The van der Waals surface area contributed by atoms with Gasteiger partial charge in [-0.3, -0.25) is 0 Å². The molecule has 1 aliphatic rings. The lowest BCUT2D eigenvalue weighted by Crippen LogP contribution is -2.49. The van der Waals surface area contributed by atoms with E-state index in [1.165, 1.54) is 0 Å². The van der Waals surface area contributed by atoms with Crippen LogP contribution in [-0.4, -0.2) is 43.8 Å². The molecule has 0 unspecified atom stereocenters. The van der Waals surface area contributed by atoms with Crippen molar-refractivity contribution < 1.29 is 9.53 Å². The smallest absolute Gasteiger partial charge is 0.409 e. The van der Waals surface area contributed by atoms with E-state index >= 15 is 0 Å². The van der Waals surface area contributed by atoms with Crippen molar-refractivity contribution in [3.8, 4) is 0 Å². The van der Waals surface area contributed by atoms with Crippen LogP contribution in [0, 0.1) is 0 Å². The van der Waals surface area contributed by atoms with E-state index in [-0.39, 0.29) is 6.09 Å². The third kappa shape index (κ3) is 3.79. The summed E-state index contributed by atoms with van der Waals surface area (Å²) in [5.41, 5.74) is 7.68. The molecule has 1 amide bonds. The summed E-state index contributed by atoms with van der Waals surface area (Å²) < 4.78 is 5.23. The van der Waals surface area contributed by atoms with E-state index in [2.05, 4.69) is 11.8 Å². The van der Waals surface area contributed by atoms with Crippen molar-refractivity contribution in [2.45, 2.75) is 19.8 Å². The topological polar surface area (TPSA) is 58.8 Å². The number of carbonyl (C=O) groups excluding carboxylic acids is 1. The van der Waals surface area contributed by atoms with Gasteiger partial charge >= 0.3 is 6.09 Å². The number of benzene rings is 1. The van der Waals surface area contributed by atoms with Gasteiger partial charge < -0.3 is 20.3 Å². The second-order valence-corrected chi connectivity index (χ2v) is 5.04. The molecule has 20 heavy (non-hydrogen) atoms. The van der Waals surface area contributed by atoms with Gasteiger partial charge in [0.05, 0.1) is 6.61 Å². The molecule has 110 valence electrons. The largest absolute Gasteiger partial charge is 0.449 e. The molecule has 0 aromatic heterocycles. The quantitative estimate of drug-likeness (QED) is 0.678. The lowest BCUT2D eigenvalue weighted by molar-refractivity contribution is 0.0989. The van der Waals surface area contributed by atoms with Crippen LogP contribution in [-0.2, 0) is 4.74 Å². The first kappa shape index (κ1) is 14.5. The minimum absolute atomic E-state index is 0.189.